The van der Waals surface area contributed by atoms with Gasteiger partial charge in [-0.1, -0.05) is 0 Å². The Morgan fingerprint density at radius 1 is 1.75 bits per heavy atom. The molecular weight excluding hydrogens is 176 g/mol. The molecule has 1 aromatic heterocycles. The van der Waals surface area contributed by atoms with E-state index in [1.165, 1.54) is 16.4 Å². The summed E-state index contributed by atoms with van der Waals surface area (Å²) in [6, 6.07) is 0. The molecule has 64 valence electrons. The van der Waals surface area contributed by atoms with Crippen molar-refractivity contribution >= 4 is 17.2 Å². The molecule has 1 amide bonds. The van der Waals surface area contributed by atoms with Crippen LogP contribution in [-0.4, -0.2) is 22.6 Å². The third kappa shape index (κ3) is 1.46. The fraction of sp³-hybridized carbons (Fsp3) is 0.429. The number of carbonyl (C=O) groups excluding carboxylic acids is 1. The van der Waals surface area contributed by atoms with Gasteiger partial charge in [0.15, 0.2) is 0 Å². The molecule has 0 spiro atoms. The summed E-state index contributed by atoms with van der Waals surface area (Å²) in [6.07, 6.45) is 2.25. The number of rotatable bonds is 2. The highest BCUT2D eigenvalue weighted by Gasteiger charge is 2.21. The molecule has 0 radical (unpaired) electrons. The summed E-state index contributed by atoms with van der Waals surface area (Å²) in [5.74, 6) is 0.0587. The van der Waals surface area contributed by atoms with Crippen molar-refractivity contribution in [2.45, 2.75) is 13.0 Å². The Morgan fingerprint density at radius 3 is 3.25 bits per heavy atom. The van der Waals surface area contributed by atoms with Gasteiger partial charge in [-0.2, -0.15) is 0 Å². The molecule has 0 unspecified atom stereocenters. The molecule has 0 saturated carbocycles. The monoisotopic (exact) mass is 184 g/mol. The first-order valence-corrected chi connectivity index (χ1v) is 4.55. The first kappa shape index (κ1) is 7.70. The van der Waals surface area contributed by atoms with E-state index in [2.05, 4.69) is 4.98 Å². The van der Waals surface area contributed by atoms with Crippen LogP contribution in [-0.2, 0) is 16.2 Å². The zero-order chi connectivity index (χ0) is 8.39. The minimum Gasteiger partial charge on any atom is -0.272 e. The number of nitrogens with zero attached hydrogens (tertiary/aromatic N) is 2. The second-order valence-corrected chi connectivity index (χ2v) is 3.45. The predicted octanol–water partition coefficient (Wildman–Crippen LogP) is 0.807. The summed E-state index contributed by atoms with van der Waals surface area (Å²) < 4.78 is 0. The van der Waals surface area contributed by atoms with E-state index >= 15 is 0 Å². The Morgan fingerprint density at radius 2 is 2.67 bits per heavy atom. The van der Waals surface area contributed by atoms with Gasteiger partial charge < -0.3 is 0 Å². The third-order valence-electron chi connectivity index (χ3n) is 1.62. The average molecular weight is 184 g/mol. The van der Waals surface area contributed by atoms with E-state index in [9.17, 15) is 4.79 Å². The maximum atomic E-state index is 11.1. The molecule has 0 aromatic carbocycles. The minimum atomic E-state index is 0.0587. The molecule has 0 aliphatic carbocycles. The van der Waals surface area contributed by atoms with E-state index in [-0.39, 0.29) is 5.91 Å². The highest BCUT2D eigenvalue weighted by molar-refractivity contribution is 7.09. The van der Waals surface area contributed by atoms with Gasteiger partial charge in [-0.15, -0.1) is 11.3 Å². The van der Waals surface area contributed by atoms with Gasteiger partial charge in [0, 0.05) is 11.1 Å². The van der Waals surface area contributed by atoms with Crippen LogP contribution in [0.3, 0.4) is 0 Å². The Bertz CT molecular complexity index is 273. The first-order chi connectivity index (χ1) is 5.86. The molecular formula is C7H8N2O2S. The summed E-state index contributed by atoms with van der Waals surface area (Å²) >= 11 is 1.53. The maximum Gasteiger partial charge on any atom is 0.248 e. The summed E-state index contributed by atoms with van der Waals surface area (Å²) in [5, 5.41) is 1.40. The van der Waals surface area contributed by atoms with Gasteiger partial charge in [-0.05, 0) is 0 Å². The smallest absolute Gasteiger partial charge is 0.248 e. The normalized spacial score (nSPS) is 17.3. The number of carbonyl (C=O) groups is 1. The third-order valence-corrected chi connectivity index (χ3v) is 2.39. The SMILES string of the molecule is O=C1CCON1Cc1cncs1. The van der Waals surface area contributed by atoms with Crippen LogP contribution in [0.2, 0.25) is 0 Å². The first-order valence-electron chi connectivity index (χ1n) is 3.67. The Kier molecular flexibility index (Phi) is 2.05. The summed E-state index contributed by atoms with van der Waals surface area (Å²) in [6.45, 7) is 1.04. The average Bonchev–Trinajstić information content (AvgIpc) is 2.65. The van der Waals surface area contributed by atoms with Crippen molar-refractivity contribution < 1.29 is 9.63 Å². The van der Waals surface area contributed by atoms with Crippen molar-refractivity contribution in [3.8, 4) is 0 Å². The molecule has 0 atom stereocenters. The lowest BCUT2D eigenvalue weighted by atomic mass is 10.4. The van der Waals surface area contributed by atoms with Gasteiger partial charge in [-0.25, -0.2) is 5.06 Å². The van der Waals surface area contributed by atoms with E-state index in [0.717, 1.165) is 4.88 Å². The zero-order valence-corrected chi connectivity index (χ0v) is 7.21. The molecule has 1 aliphatic heterocycles. The molecule has 4 nitrogen and oxygen atoms in total. The number of hydrogen-bond acceptors (Lipinski definition) is 4. The lowest BCUT2D eigenvalue weighted by Gasteiger charge is -2.11. The van der Waals surface area contributed by atoms with Crippen LogP contribution in [0.25, 0.3) is 0 Å². The van der Waals surface area contributed by atoms with E-state index in [4.69, 9.17) is 4.84 Å². The molecule has 1 aliphatic rings. The van der Waals surface area contributed by atoms with E-state index in [0.29, 0.717) is 19.6 Å². The molecule has 1 fully saturated rings. The molecule has 0 bridgehead atoms. The fourth-order valence-electron chi connectivity index (χ4n) is 1.04. The van der Waals surface area contributed by atoms with Crippen LogP contribution in [0, 0.1) is 0 Å². The topological polar surface area (TPSA) is 42.4 Å². The molecule has 2 heterocycles. The predicted molar refractivity (Wildman–Crippen MR) is 43.2 cm³/mol. The Labute approximate surface area is 73.7 Å². The van der Waals surface area contributed by atoms with Crippen molar-refractivity contribution in [3.05, 3.63) is 16.6 Å². The quantitative estimate of drug-likeness (QED) is 0.683. The van der Waals surface area contributed by atoms with E-state index in [1.807, 2.05) is 0 Å². The zero-order valence-electron chi connectivity index (χ0n) is 6.40. The van der Waals surface area contributed by atoms with Gasteiger partial charge in [0.05, 0.1) is 25.1 Å². The van der Waals surface area contributed by atoms with Crippen LogP contribution in [0.4, 0.5) is 0 Å². The summed E-state index contributed by atoms with van der Waals surface area (Å²) in [7, 11) is 0. The van der Waals surface area contributed by atoms with Crippen molar-refractivity contribution in [1.82, 2.24) is 10.0 Å². The molecule has 1 saturated heterocycles. The lowest BCUT2D eigenvalue weighted by molar-refractivity contribution is -0.164. The van der Waals surface area contributed by atoms with Crippen molar-refractivity contribution in [3.63, 3.8) is 0 Å². The van der Waals surface area contributed by atoms with E-state index in [1.54, 1.807) is 11.7 Å². The fourth-order valence-corrected chi connectivity index (χ4v) is 1.61. The highest BCUT2D eigenvalue weighted by Crippen LogP contribution is 2.14. The Balaban J connectivity index is 1.99. The molecule has 0 N–H and O–H groups in total. The molecule has 5 heteroatoms. The van der Waals surface area contributed by atoms with Crippen LogP contribution in [0.5, 0.6) is 0 Å². The van der Waals surface area contributed by atoms with Gasteiger partial charge >= 0.3 is 0 Å². The number of amides is 1. The van der Waals surface area contributed by atoms with E-state index < -0.39 is 0 Å². The van der Waals surface area contributed by atoms with Crippen molar-refractivity contribution in [2.75, 3.05) is 6.61 Å². The largest absolute Gasteiger partial charge is 0.272 e. The summed E-state index contributed by atoms with van der Waals surface area (Å²) in [5.41, 5.74) is 1.75. The van der Waals surface area contributed by atoms with Gasteiger partial charge in [-0.3, -0.25) is 14.6 Å². The summed E-state index contributed by atoms with van der Waals surface area (Å²) in [4.78, 5) is 21.1. The number of thiazole rings is 1. The molecule has 12 heavy (non-hydrogen) atoms. The van der Waals surface area contributed by atoms with Crippen LogP contribution < -0.4 is 0 Å². The van der Waals surface area contributed by atoms with Crippen LogP contribution >= 0.6 is 11.3 Å². The number of aromatic nitrogens is 1. The van der Waals surface area contributed by atoms with Crippen molar-refractivity contribution in [2.24, 2.45) is 0 Å². The number of hydrogen-bond donors (Lipinski definition) is 0. The van der Waals surface area contributed by atoms with Crippen molar-refractivity contribution in [1.29, 1.82) is 0 Å². The van der Waals surface area contributed by atoms with Gasteiger partial charge in [0.25, 0.3) is 0 Å². The van der Waals surface area contributed by atoms with Crippen LogP contribution in [0.15, 0.2) is 11.7 Å². The second-order valence-electron chi connectivity index (χ2n) is 2.48. The minimum absolute atomic E-state index is 0.0587. The standard InChI is InChI=1S/C7H8N2O2S/c10-7-1-2-11-9(7)4-6-3-8-5-12-6/h3,5H,1-2,4H2. The van der Waals surface area contributed by atoms with Crippen LogP contribution in [0.1, 0.15) is 11.3 Å². The maximum absolute atomic E-state index is 11.1. The second kappa shape index (κ2) is 3.20. The molecule has 1 aromatic rings. The number of hydroxylamine groups is 2. The molecule has 2 rings (SSSR count). The lowest BCUT2D eigenvalue weighted by Crippen LogP contribution is -2.21. The van der Waals surface area contributed by atoms with Gasteiger partial charge in [0.2, 0.25) is 5.91 Å². The highest BCUT2D eigenvalue weighted by atomic mass is 32.1. The van der Waals surface area contributed by atoms with Gasteiger partial charge in [0.1, 0.15) is 0 Å². The Hall–Kier alpha value is -0.940.